The Bertz CT molecular complexity index is 448. The Morgan fingerprint density at radius 2 is 2.36 bits per heavy atom. The molecule has 0 spiro atoms. The van der Waals surface area contributed by atoms with Crippen LogP contribution < -0.4 is 5.73 Å². The number of nitrogens with zero attached hydrogens (tertiary/aromatic N) is 2. The molecule has 1 atom stereocenters. The number of hydrogen-bond donors (Lipinski definition) is 2. The van der Waals surface area contributed by atoms with Crippen LogP contribution in [0.3, 0.4) is 0 Å². The van der Waals surface area contributed by atoms with E-state index >= 15 is 0 Å². The second-order valence-electron chi connectivity index (χ2n) is 3.50. The molecule has 0 bridgehead atoms. The van der Waals surface area contributed by atoms with E-state index in [1.165, 1.54) is 0 Å². The minimum atomic E-state index is 0.0419. The predicted molar refractivity (Wildman–Crippen MR) is 54.2 cm³/mol. The van der Waals surface area contributed by atoms with Gasteiger partial charge in [-0.1, -0.05) is 6.07 Å². The van der Waals surface area contributed by atoms with Crippen LogP contribution in [0.4, 0.5) is 0 Å². The minimum Gasteiger partial charge on any atom is -0.494 e. The molecule has 0 saturated heterocycles. The van der Waals surface area contributed by atoms with Crippen molar-refractivity contribution in [2.75, 3.05) is 0 Å². The number of aromatic hydroxyl groups is 1. The van der Waals surface area contributed by atoms with E-state index in [2.05, 4.69) is 4.98 Å². The summed E-state index contributed by atoms with van der Waals surface area (Å²) in [4.78, 5) is 4.22. The first kappa shape index (κ1) is 9.02. The normalized spacial score (nSPS) is 13.3. The van der Waals surface area contributed by atoms with E-state index in [-0.39, 0.29) is 11.9 Å². The van der Waals surface area contributed by atoms with Crippen molar-refractivity contribution in [1.29, 1.82) is 0 Å². The van der Waals surface area contributed by atoms with Crippen molar-refractivity contribution in [2.45, 2.75) is 19.4 Å². The molecule has 0 saturated carbocycles. The van der Waals surface area contributed by atoms with Crippen molar-refractivity contribution in [1.82, 2.24) is 9.38 Å². The highest BCUT2D eigenvalue weighted by atomic mass is 16.3. The molecule has 0 aliphatic heterocycles. The number of imidazole rings is 1. The second-order valence-corrected chi connectivity index (χ2v) is 3.50. The molecule has 4 nitrogen and oxygen atoms in total. The summed E-state index contributed by atoms with van der Waals surface area (Å²) >= 11 is 0. The van der Waals surface area contributed by atoms with Gasteiger partial charge in [-0.15, -0.1) is 0 Å². The zero-order chi connectivity index (χ0) is 10.1. The Hall–Kier alpha value is -1.55. The van der Waals surface area contributed by atoms with Crippen LogP contribution in [0.15, 0.2) is 24.4 Å². The number of hydrogen-bond acceptors (Lipinski definition) is 3. The molecule has 0 radical (unpaired) electrons. The molecule has 0 aliphatic rings. The highest BCUT2D eigenvalue weighted by Crippen LogP contribution is 2.16. The third-order valence-electron chi connectivity index (χ3n) is 2.11. The highest BCUT2D eigenvalue weighted by molar-refractivity contribution is 5.48. The fraction of sp³-hybridized carbons (Fsp3) is 0.300. The standard InChI is InChI=1S/C10H13N3O/c1-7(11)5-9-12-6-8-3-2-4-10(14)13(8)9/h2-4,6-7,14H,5,11H2,1H3. The molecular formula is C10H13N3O. The van der Waals surface area contributed by atoms with E-state index in [0.717, 1.165) is 11.3 Å². The molecule has 0 fully saturated rings. The van der Waals surface area contributed by atoms with Crippen LogP contribution in [0.1, 0.15) is 12.7 Å². The van der Waals surface area contributed by atoms with E-state index in [4.69, 9.17) is 5.73 Å². The fourth-order valence-corrected chi connectivity index (χ4v) is 1.53. The van der Waals surface area contributed by atoms with E-state index in [1.54, 1.807) is 22.7 Å². The average molecular weight is 191 g/mol. The smallest absolute Gasteiger partial charge is 0.197 e. The van der Waals surface area contributed by atoms with Crippen LogP contribution in [-0.2, 0) is 6.42 Å². The van der Waals surface area contributed by atoms with E-state index in [0.29, 0.717) is 6.42 Å². The third-order valence-corrected chi connectivity index (χ3v) is 2.11. The number of pyridine rings is 1. The molecule has 0 aromatic carbocycles. The second kappa shape index (κ2) is 3.31. The van der Waals surface area contributed by atoms with E-state index in [9.17, 15) is 5.11 Å². The third kappa shape index (κ3) is 1.44. The van der Waals surface area contributed by atoms with Gasteiger partial charge in [-0.3, -0.25) is 4.40 Å². The van der Waals surface area contributed by atoms with Gasteiger partial charge in [0.05, 0.1) is 11.7 Å². The summed E-state index contributed by atoms with van der Waals surface area (Å²) in [6.07, 6.45) is 2.39. The summed E-state index contributed by atoms with van der Waals surface area (Å²) in [5, 5.41) is 9.64. The Morgan fingerprint density at radius 3 is 3.07 bits per heavy atom. The fourth-order valence-electron chi connectivity index (χ4n) is 1.53. The first-order valence-corrected chi connectivity index (χ1v) is 4.58. The number of fused-ring (bicyclic) bond motifs is 1. The zero-order valence-corrected chi connectivity index (χ0v) is 8.01. The van der Waals surface area contributed by atoms with Gasteiger partial charge in [0.15, 0.2) is 5.88 Å². The van der Waals surface area contributed by atoms with Gasteiger partial charge < -0.3 is 10.8 Å². The zero-order valence-electron chi connectivity index (χ0n) is 8.01. The van der Waals surface area contributed by atoms with Gasteiger partial charge in [-0.05, 0) is 19.1 Å². The largest absolute Gasteiger partial charge is 0.494 e. The van der Waals surface area contributed by atoms with Crippen molar-refractivity contribution in [2.24, 2.45) is 5.73 Å². The molecule has 3 N–H and O–H groups in total. The molecule has 2 heterocycles. The summed E-state index contributed by atoms with van der Waals surface area (Å²) in [6, 6.07) is 5.37. The first-order valence-electron chi connectivity index (χ1n) is 4.58. The van der Waals surface area contributed by atoms with Crippen molar-refractivity contribution in [3.05, 3.63) is 30.2 Å². The summed E-state index contributed by atoms with van der Waals surface area (Å²) in [5.41, 5.74) is 6.58. The number of nitrogens with two attached hydrogens (primary N) is 1. The number of rotatable bonds is 2. The van der Waals surface area contributed by atoms with Gasteiger partial charge in [0, 0.05) is 12.5 Å². The number of aromatic nitrogens is 2. The van der Waals surface area contributed by atoms with Gasteiger partial charge >= 0.3 is 0 Å². The lowest BCUT2D eigenvalue weighted by Gasteiger charge is -2.05. The molecule has 74 valence electrons. The quantitative estimate of drug-likeness (QED) is 0.742. The summed E-state index contributed by atoms with van der Waals surface area (Å²) in [7, 11) is 0. The van der Waals surface area contributed by atoms with Crippen molar-refractivity contribution in [3.8, 4) is 5.88 Å². The molecule has 2 aromatic heterocycles. The first-order chi connectivity index (χ1) is 6.68. The van der Waals surface area contributed by atoms with Crippen molar-refractivity contribution in [3.63, 3.8) is 0 Å². The summed E-state index contributed by atoms with van der Waals surface area (Å²) in [6.45, 7) is 1.92. The molecule has 14 heavy (non-hydrogen) atoms. The van der Waals surface area contributed by atoms with E-state index in [1.807, 2.05) is 13.0 Å². The highest BCUT2D eigenvalue weighted by Gasteiger charge is 2.08. The molecule has 4 heteroatoms. The molecule has 2 rings (SSSR count). The van der Waals surface area contributed by atoms with Gasteiger partial charge in [-0.2, -0.15) is 0 Å². The summed E-state index contributed by atoms with van der Waals surface area (Å²) < 4.78 is 1.71. The van der Waals surface area contributed by atoms with Crippen LogP contribution in [0, 0.1) is 0 Å². The van der Waals surface area contributed by atoms with E-state index < -0.39 is 0 Å². The lowest BCUT2D eigenvalue weighted by Crippen LogP contribution is -2.19. The minimum absolute atomic E-state index is 0.0419. The topological polar surface area (TPSA) is 63.5 Å². The molecule has 2 aromatic rings. The van der Waals surface area contributed by atoms with Gasteiger partial charge in [0.2, 0.25) is 0 Å². The summed E-state index contributed by atoms with van der Waals surface area (Å²) in [5.74, 6) is 1.00. The molecular weight excluding hydrogens is 178 g/mol. The van der Waals surface area contributed by atoms with Crippen molar-refractivity contribution < 1.29 is 5.11 Å². The van der Waals surface area contributed by atoms with Crippen LogP contribution >= 0.6 is 0 Å². The maximum atomic E-state index is 9.64. The van der Waals surface area contributed by atoms with Crippen LogP contribution in [0.5, 0.6) is 5.88 Å². The van der Waals surface area contributed by atoms with Crippen LogP contribution in [0.2, 0.25) is 0 Å². The Labute approximate surface area is 82.0 Å². The molecule has 1 unspecified atom stereocenters. The van der Waals surface area contributed by atoms with Crippen LogP contribution in [-0.4, -0.2) is 20.5 Å². The molecule has 0 aliphatic carbocycles. The average Bonchev–Trinajstić information content (AvgIpc) is 2.49. The van der Waals surface area contributed by atoms with Gasteiger partial charge in [0.1, 0.15) is 5.82 Å². The lowest BCUT2D eigenvalue weighted by molar-refractivity contribution is 0.442. The maximum absolute atomic E-state index is 9.64. The van der Waals surface area contributed by atoms with Gasteiger partial charge in [-0.25, -0.2) is 4.98 Å². The Kier molecular flexibility index (Phi) is 2.13. The van der Waals surface area contributed by atoms with Crippen molar-refractivity contribution >= 4 is 5.52 Å². The lowest BCUT2D eigenvalue weighted by atomic mass is 10.2. The Balaban J connectivity index is 2.55. The van der Waals surface area contributed by atoms with Crippen LogP contribution in [0.25, 0.3) is 5.52 Å². The predicted octanol–water partition coefficient (Wildman–Crippen LogP) is 0.930. The maximum Gasteiger partial charge on any atom is 0.197 e. The Morgan fingerprint density at radius 1 is 1.57 bits per heavy atom. The van der Waals surface area contributed by atoms with Gasteiger partial charge in [0.25, 0.3) is 0 Å². The SMILES string of the molecule is CC(N)Cc1ncc2cccc(O)n12. The monoisotopic (exact) mass is 191 g/mol. The molecule has 0 amide bonds.